The first-order chi connectivity index (χ1) is 18.1. The van der Waals surface area contributed by atoms with Gasteiger partial charge >= 0.3 is 23.9 Å². The minimum atomic E-state index is -1.20. The van der Waals surface area contributed by atoms with Gasteiger partial charge in [-0.2, -0.15) is 0 Å². The molecule has 2 aromatic heterocycles. The van der Waals surface area contributed by atoms with Gasteiger partial charge in [0.05, 0.1) is 0 Å². The van der Waals surface area contributed by atoms with Gasteiger partial charge in [-0.05, 0) is 25.7 Å². The van der Waals surface area contributed by atoms with Crippen molar-refractivity contribution in [3.05, 3.63) is 19.5 Å². The van der Waals surface area contributed by atoms with Crippen molar-refractivity contribution in [1.29, 1.82) is 0 Å². The monoisotopic (exact) mass is 572 g/mol. The van der Waals surface area contributed by atoms with Gasteiger partial charge in [0.25, 0.3) is 0 Å². The molecule has 4 heterocycles. The molecule has 2 aliphatic rings. The molecule has 2 atom stereocenters. The lowest BCUT2D eigenvalue weighted by Crippen LogP contribution is -2.29. The highest BCUT2D eigenvalue weighted by molar-refractivity contribution is 7.17. The Bertz CT molecular complexity index is 1110. The lowest BCUT2D eigenvalue weighted by molar-refractivity contribution is 0.0621. The second kappa shape index (κ2) is 12.8. The fourth-order valence-corrected chi connectivity index (χ4v) is 5.46. The molecule has 2 aliphatic heterocycles. The van der Waals surface area contributed by atoms with Gasteiger partial charge in [0, 0.05) is 0 Å². The normalized spacial score (nSPS) is 17.2. The van der Waals surface area contributed by atoms with Gasteiger partial charge < -0.3 is 39.4 Å². The molecule has 38 heavy (non-hydrogen) atoms. The number of hydrogen-bond donors (Lipinski definition) is 4. The zero-order chi connectivity index (χ0) is 28.0. The molecular formula is C24H28O12S2. The Kier molecular flexibility index (Phi) is 9.80. The fraction of sp³-hybridized carbons (Fsp3) is 0.500. The molecule has 0 spiro atoms. The van der Waals surface area contributed by atoms with Gasteiger partial charge in [0.15, 0.2) is 42.5 Å². The molecule has 0 amide bonds. The summed E-state index contributed by atoms with van der Waals surface area (Å²) < 4.78 is 22.0. The molecule has 12 nitrogen and oxygen atoms in total. The Morgan fingerprint density at radius 3 is 1.24 bits per heavy atom. The van der Waals surface area contributed by atoms with Crippen molar-refractivity contribution in [2.75, 3.05) is 13.2 Å². The van der Waals surface area contributed by atoms with Crippen LogP contribution in [0.2, 0.25) is 0 Å². The van der Waals surface area contributed by atoms with E-state index in [-0.39, 0.29) is 67.9 Å². The molecule has 208 valence electrons. The lowest BCUT2D eigenvalue weighted by Gasteiger charge is -2.25. The van der Waals surface area contributed by atoms with Crippen LogP contribution in [-0.2, 0) is 0 Å². The molecule has 0 radical (unpaired) electrons. The minimum absolute atomic E-state index is 0.0441. The van der Waals surface area contributed by atoms with E-state index >= 15 is 0 Å². The Morgan fingerprint density at radius 1 is 0.632 bits per heavy atom. The van der Waals surface area contributed by atoms with E-state index in [2.05, 4.69) is 0 Å². The number of carboxylic acids is 4. The maximum atomic E-state index is 11.1. The average molecular weight is 573 g/mol. The van der Waals surface area contributed by atoms with E-state index in [1.54, 1.807) is 0 Å². The third-order valence-electron chi connectivity index (χ3n) is 5.58. The highest BCUT2D eigenvalue weighted by Gasteiger charge is 2.35. The van der Waals surface area contributed by atoms with E-state index in [0.717, 1.165) is 38.5 Å². The van der Waals surface area contributed by atoms with Gasteiger partial charge in [-0.3, -0.25) is 0 Å². The van der Waals surface area contributed by atoms with Gasteiger partial charge in [-0.15, -0.1) is 22.7 Å². The molecule has 2 unspecified atom stereocenters. The largest absolute Gasteiger partial charge is 0.484 e. The van der Waals surface area contributed by atoms with Crippen LogP contribution >= 0.6 is 22.7 Å². The van der Waals surface area contributed by atoms with E-state index in [0.29, 0.717) is 22.7 Å². The number of hydrogen-bond acceptors (Lipinski definition) is 10. The molecule has 0 bridgehead atoms. The number of thiophene rings is 2. The highest BCUT2D eigenvalue weighted by Crippen LogP contribution is 2.46. The first-order valence-electron chi connectivity index (χ1n) is 11.9. The number of carboxylic acid groups (broad SMARTS) is 4. The van der Waals surface area contributed by atoms with Crippen molar-refractivity contribution < 1.29 is 58.6 Å². The fourth-order valence-electron chi connectivity index (χ4n) is 3.74. The van der Waals surface area contributed by atoms with Crippen LogP contribution in [0.3, 0.4) is 0 Å². The van der Waals surface area contributed by atoms with Crippen LogP contribution < -0.4 is 18.9 Å². The average Bonchev–Trinajstić information content (AvgIpc) is 3.45. The molecule has 14 heteroatoms. The van der Waals surface area contributed by atoms with Crippen molar-refractivity contribution in [1.82, 2.24) is 0 Å². The zero-order valence-corrected chi connectivity index (χ0v) is 22.3. The van der Waals surface area contributed by atoms with Crippen molar-refractivity contribution in [2.45, 2.75) is 64.6 Å². The number of aromatic carboxylic acids is 4. The summed E-state index contributed by atoms with van der Waals surface area (Å²) in [7, 11) is 0. The van der Waals surface area contributed by atoms with E-state index in [9.17, 15) is 19.2 Å². The number of carbonyl (C=O) groups is 4. The van der Waals surface area contributed by atoms with Crippen LogP contribution in [0.25, 0.3) is 0 Å². The van der Waals surface area contributed by atoms with Crippen molar-refractivity contribution in [2.24, 2.45) is 0 Å². The molecule has 0 saturated heterocycles. The molecule has 0 aliphatic carbocycles. The maximum absolute atomic E-state index is 11.1. The Morgan fingerprint density at radius 2 is 0.947 bits per heavy atom. The van der Waals surface area contributed by atoms with Crippen LogP contribution in [0.5, 0.6) is 23.0 Å². The van der Waals surface area contributed by atoms with Crippen LogP contribution in [-0.4, -0.2) is 69.7 Å². The van der Waals surface area contributed by atoms with Crippen molar-refractivity contribution >= 4 is 46.6 Å². The van der Waals surface area contributed by atoms with E-state index < -0.39 is 23.9 Å². The quantitative estimate of drug-likeness (QED) is 0.300. The van der Waals surface area contributed by atoms with Crippen molar-refractivity contribution in [3.8, 4) is 23.0 Å². The van der Waals surface area contributed by atoms with Crippen LogP contribution in [0.1, 0.15) is 91.1 Å². The summed E-state index contributed by atoms with van der Waals surface area (Å²) in [6.45, 7) is 4.60. The summed E-state index contributed by atoms with van der Waals surface area (Å²) in [5.41, 5.74) is 0. The smallest absolute Gasteiger partial charge is 0.349 e. The van der Waals surface area contributed by atoms with Gasteiger partial charge in [0.2, 0.25) is 0 Å². The lowest BCUT2D eigenvalue weighted by atomic mass is 10.1. The summed E-state index contributed by atoms with van der Waals surface area (Å²) in [6, 6.07) is 0. The summed E-state index contributed by atoms with van der Waals surface area (Å²) in [6.07, 6.45) is 4.97. The minimum Gasteiger partial charge on any atom is -0.484 e. The first kappa shape index (κ1) is 29.0. The Hall–Kier alpha value is -3.52. The van der Waals surface area contributed by atoms with E-state index in [1.165, 1.54) is 0 Å². The zero-order valence-electron chi connectivity index (χ0n) is 20.7. The molecule has 0 fully saturated rings. The highest BCUT2D eigenvalue weighted by atomic mass is 32.1. The molecule has 4 rings (SSSR count). The third kappa shape index (κ3) is 6.48. The maximum Gasteiger partial charge on any atom is 0.349 e. The molecule has 0 saturated carbocycles. The summed E-state index contributed by atoms with van der Waals surface area (Å²) in [4.78, 5) is 43.8. The predicted octanol–water partition coefficient (Wildman–Crippen LogP) is 4.95. The van der Waals surface area contributed by atoms with E-state index in [1.807, 2.05) is 13.8 Å². The molecular weight excluding hydrogens is 544 g/mol. The SMILES string of the molecule is CCCCC1COc2c(C(=O)O)sc(C(=O)O)c2O1.CCCCC1COc2c(C(=O)O)sc(C(=O)O)c2O1. The Labute approximate surface area is 225 Å². The topological polar surface area (TPSA) is 186 Å². The second-order valence-corrected chi connectivity index (χ2v) is 10.5. The Balaban J connectivity index is 0.000000211. The van der Waals surface area contributed by atoms with Gasteiger partial charge in [0.1, 0.15) is 25.4 Å². The number of rotatable bonds is 10. The predicted molar refractivity (Wildman–Crippen MR) is 135 cm³/mol. The molecule has 4 N–H and O–H groups in total. The summed E-state index contributed by atoms with van der Waals surface area (Å²) in [5.74, 6) is -4.61. The van der Waals surface area contributed by atoms with Crippen LogP contribution in [0.15, 0.2) is 0 Å². The summed E-state index contributed by atoms with van der Waals surface area (Å²) >= 11 is 1.34. The standard InChI is InChI=1S/2C12H14O6S/c2*1-2-3-4-6-5-17-7-8(18-6)10(12(15)16)19-9(7)11(13)14/h2*6H,2-5H2,1H3,(H,13,14)(H,15,16). The van der Waals surface area contributed by atoms with Crippen molar-refractivity contribution in [3.63, 3.8) is 0 Å². The van der Waals surface area contributed by atoms with Crippen LogP contribution in [0.4, 0.5) is 0 Å². The number of unbranched alkanes of at least 4 members (excludes halogenated alkanes) is 2. The number of ether oxygens (including phenoxy) is 4. The second-order valence-electron chi connectivity index (χ2n) is 8.44. The third-order valence-corrected chi connectivity index (χ3v) is 7.83. The van der Waals surface area contributed by atoms with Gasteiger partial charge in [-0.25, -0.2) is 19.2 Å². The van der Waals surface area contributed by atoms with Gasteiger partial charge in [-0.1, -0.05) is 26.7 Å². The first-order valence-corrected chi connectivity index (χ1v) is 13.6. The molecule has 2 aromatic rings. The van der Waals surface area contributed by atoms with E-state index in [4.69, 9.17) is 39.4 Å². The molecule has 0 aromatic carbocycles. The number of fused-ring (bicyclic) bond motifs is 2. The van der Waals surface area contributed by atoms with Crippen LogP contribution in [0, 0.1) is 0 Å². The summed E-state index contributed by atoms with van der Waals surface area (Å²) in [5, 5.41) is 36.2.